The van der Waals surface area contributed by atoms with Gasteiger partial charge in [0.05, 0.1) is 18.6 Å². The number of carbonyl (C=O) groups is 1. The highest BCUT2D eigenvalue weighted by Gasteiger charge is 2.33. The molecule has 1 unspecified atom stereocenters. The van der Waals surface area contributed by atoms with Crippen molar-refractivity contribution in [2.75, 3.05) is 19.0 Å². The van der Waals surface area contributed by atoms with Gasteiger partial charge in [0, 0.05) is 12.2 Å². The van der Waals surface area contributed by atoms with Crippen molar-refractivity contribution in [2.24, 2.45) is 0 Å². The fourth-order valence-electron chi connectivity index (χ4n) is 2.08. The first-order valence-corrected chi connectivity index (χ1v) is 5.46. The lowest BCUT2D eigenvalue weighted by Gasteiger charge is -2.25. The lowest BCUT2D eigenvalue weighted by atomic mass is 9.90. The van der Waals surface area contributed by atoms with Crippen LogP contribution in [-0.2, 0) is 15.7 Å². The van der Waals surface area contributed by atoms with E-state index in [0.717, 1.165) is 12.1 Å². The molecular formula is C12H12F3NO2. The number of alkyl halides is 3. The van der Waals surface area contributed by atoms with E-state index in [2.05, 4.69) is 10.1 Å². The zero-order valence-electron chi connectivity index (χ0n) is 9.67. The quantitative estimate of drug-likeness (QED) is 0.788. The Hall–Kier alpha value is -1.72. The predicted molar refractivity (Wildman–Crippen MR) is 59.3 cm³/mol. The van der Waals surface area contributed by atoms with E-state index in [1.165, 1.54) is 13.2 Å². The largest absolute Gasteiger partial charge is 0.469 e. The Morgan fingerprint density at radius 3 is 2.78 bits per heavy atom. The summed E-state index contributed by atoms with van der Waals surface area (Å²) in [5, 5.41) is 2.88. The molecular weight excluding hydrogens is 247 g/mol. The van der Waals surface area contributed by atoms with Crippen molar-refractivity contribution >= 4 is 11.7 Å². The van der Waals surface area contributed by atoms with Crippen molar-refractivity contribution in [3.05, 3.63) is 29.3 Å². The fraction of sp³-hybridized carbons (Fsp3) is 0.417. The SMILES string of the molecule is COC(=O)C1CCNc2cc(C(F)(F)F)ccc21. The monoisotopic (exact) mass is 259 g/mol. The Morgan fingerprint density at radius 2 is 2.17 bits per heavy atom. The molecule has 6 heteroatoms. The standard InChI is InChI=1S/C12H12F3NO2/c1-18-11(17)9-4-5-16-10-6-7(12(13,14)15)2-3-8(9)10/h2-3,6,9,16H,4-5H2,1H3. The van der Waals surface area contributed by atoms with Crippen LogP contribution in [0.3, 0.4) is 0 Å². The van der Waals surface area contributed by atoms with Crippen LogP contribution in [0.5, 0.6) is 0 Å². The lowest BCUT2D eigenvalue weighted by molar-refractivity contribution is -0.142. The van der Waals surface area contributed by atoms with Crippen LogP contribution in [0.1, 0.15) is 23.5 Å². The third-order valence-electron chi connectivity index (χ3n) is 2.99. The minimum atomic E-state index is -4.38. The molecule has 18 heavy (non-hydrogen) atoms. The Bertz CT molecular complexity index is 471. The van der Waals surface area contributed by atoms with Gasteiger partial charge >= 0.3 is 12.1 Å². The van der Waals surface area contributed by atoms with Crippen molar-refractivity contribution in [3.8, 4) is 0 Å². The molecule has 1 N–H and O–H groups in total. The number of esters is 1. The number of nitrogens with one attached hydrogen (secondary N) is 1. The van der Waals surface area contributed by atoms with Crippen molar-refractivity contribution in [1.29, 1.82) is 0 Å². The van der Waals surface area contributed by atoms with Gasteiger partial charge in [-0.15, -0.1) is 0 Å². The molecule has 2 rings (SSSR count). The van der Waals surface area contributed by atoms with E-state index >= 15 is 0 Å². The molecule has 0 saturated carbocycles. The summed E-state index contributed by atoms with van der Waals surface area (Å²) in [5.41, 5.74) is 0.187. The number of methoxy groups -OCH3 is 1. The zero-order chi connectivity index (χ0) is 13.3. The third-order valence-corrected chi connectivity index (χ3v) is 2.99. The molecule has 1 aromatic carbocycles. The summed E-state index contributed by atoms with van der Waals surface area (Å²) in [6.07, 6.45) is -3.86. The Balaban J connectivity index is 2.40. The molecule has 0 aromatic heterocycles. The number of ether oxygens (including phenoxy) is 1. The van der Waals surface area contributed by atoms with E-state index in [1.54, 1.807) is 0 Å². The molecule has 0 spiro atoms. The van der Waals surface area contributed by atoms with E-state index in [9.17, 15) is 18.0 Å². The number of hydrogen-bond acceptors (Lipinski definition) is 3. The molecule has 1 aliphatic rings. The van der Waals surface area contributed by atoms with Gasteiger partial charge in [-0.2, -0.15) is 13.2 Å². The normalized spacial score (nSPS) is 18.8. The van der Waals surface area contributed by atoms with Crippen LogP contribution in [0.4, 0.5) is 18.9 Å². The molecule has 1 atom stereocenters. The van der Waals surface area contributed by atoms with Crippen LogP contribution in [0.2, 0.25) is 0 Å². The maximum atomic E-state index is 12.6. The van der Waals surface area contributed by atoms with Crippen LogP contribution < -0.4 is 5.32 Å². The van der Waals surface area contributed by atoms with Crippen molar-refractivity contribution in [3.63, 3.8) is 0 Å². The average molecular weight is 259 g/mol. The smallest absolute Gasteiger partial charge is 0.416 e. The number of hydrogen-bond donors (Lipinski definition) is 1. The highest BCUT2D eigenvalue weighted by molar-refractivity contribution is 5.81. The van der Waals surface area contributed by atoms with Crippen LogP contribution in [0.25, 0.3) is 0 Å². The van der Waals surface area contributed by atoms with Crippen molar-refractivity contribution < 1.29 is 22.7 Å². The summed E-state index contributed by atoms with van der Waals surface area (Å²) < 4.78 is 42.3. The van der Waals surface area contributed by atoms with Crippen molar-refractivity contribution in [1.82, 2.24) is 0 Å². The molecule has 0 aliphatic carbocycles. The minimum Gasteiger partial charge on any atom is -0.469 e. The Kier molecular flexibility index (Phi) is 3.19. The number of rotatable bonds is 1. The molecule has 1 aromatic rings. The van der Waals surface area contributed by atoms with Gasteiger partial charge in [0.15, 0.2) is 0 Å². The predicted octanol–water partition coefficient (Wildman–Crippen LogP) is 2.78. The molecule has 0 bridgehead atoms. The maximum Gasteiger partial charge on any atom is 0.416 e. The number of benzene rings is 1. The van der Waals surface area contributed by atoms with Gasteiger partial charge in [-0.25, -0.2) is 0 Å². The second-order valence-electron chi connectivity index (χ2n) is 4.09. The summed E-state index contributed by atoms with van der Waals surface area (Å²) >= 11 is 0. The van der Waals surface area contributed by atoms with E-state index in [-0.39, 0.29) is 0 Å². The minimum absolute atomic E-state index is 0.353. The van der Waals surface area contributed by atoms with Crippen LogP contribution in [0, 0.1) is 0 Å². The van der Waals surface area contributed by atoms with Gasteiger partial charge in [0.2, 0.25) is 0 Å². The second kappa shape index (κ2) is 4.51. The topological polar surface area (TPSA) is 38.3 Å². The van der Waals surface area contributed by atoms with Crippen LogP contribution in [-0.4, -0.2) is 19.6 Å². The first-order valence-electron chi connectivity index (χ1n) is 5.46. The zero-order valence-corrected chi connectivity index (χ0v) is 9.67. The number of halogens is 3. The van der Waals surface area contributed by atoms with Gasteiger partial charge in [-0.3, -0.25) is 4.79 Å². The highest BCUT2D eigenvalue weighted by Crippen LogP contribution is 2.37. The molecule has 1 aliphatic heterocycles. The highest BCUT2D eigenvalue weighted by atomic mass is 19.4. The Morgan fingerprint density at radius 1 is 1.44 bits per heavy atom. The molecule has 0 radical (unpaired) electrons. The molecule has 1 heterocycles. The summed E-state index contributed by atoms with van der Waals surface area (Å²) in [7, 11) is 1.27. The first-order chi connectivity index (χ1) is 8.43. The van der Waals surface area contributed by atoms with Crippen LogP contribution >= 0.6 is 0 Å². The third kappa shape index (κ3) is 2.27. The lowest BCUT2D eigenvalue weighted by Crippen LogP contribution is -2.24. The van der Waals surface area contributed by atoms with Crippen molar-refractivity contribution in [2.45, 2.75) is 18.5 Å². The molecule has 3 nitrogen and oxygen atoms in total. The number of anilines is 1. The van der Waals surface area contributed by atoms with E-state index in [4.69, 9.17) is 0 Å². The molecule has 98 valence electrons. The Labute approximate surface area is 102 Å². The number of fused-ring (bicyclic) bond motifs is 1. The van der Waals surface area contributed by atoms with Gasteiger partial charge in [0.25, 0.3) is 0 Å². The summed E-state index contributed by atoms with van der Waals surface area (Å²) in [4.78, 5) is 11.5. The van der Waals surface area contributed by atoms with Crippen LogP contribution in [0.15, 0.2) is 18.2 Å². The molecule has 0 saturated heterocycles. The number of carbonyl (C=O) groups excluding carboxylic acids is 1. The van der Waals surface area contributed by atoms with E-state index < -0.39 is 23.6 Å². The maximum absolute atomic E-state index is 12.6. The van der Waals surface area contributed by atoms with E-state index in [0.29, 0.717) is 24.2 Å². The van der Waals surface area contributed by atoms with Gasteiger partial charge in [-0.05, 0) is 24.1 Å². The fourth-order valence-corrected chi connectivity index (χ4v) is 2.08. The summed E-state index contributed by atoms with van der Waals surface area (Å²) in [6.45, 7) is 0.452. The van der Waals surface area contributed by atoms with Gasteiger partial charge < -0.3 is 10.1 Å². The summed E-state index contributed by atoms with van der Waals surface area (Å²) in [5.74, 6) is -0.911. The first kappa shape index (κ1) is 12.7. The van der Waals surface area contributed by atoms with E-state index in [1.807, 2.05) is 0 Å². The molecule has 0 fully saturated rings. The van der Waals surface area contributed by atoms with Gasteiger partial charge in [0.1, 0.15) is 0 Å². The molecule has 0 amide bonds. The summed E-state index contributed by atoms with van der Waals surface area (Å²) in [6, 6.07) is 3.36. The van der Waals surface area contributed by atoms with Gasteiger partial charge in [-0.1, -0.05) is 6.07 Å². The second-order valence-corrected chi connectivity index (χ2v) is 4.09. The average Bonchev–Trinajstić information content (AvgIpc) is 2.35.